The average molecular weight is 268 g/mol. The number of hydrogen-bond donors (Lipinski definition) is 2. The van der Waals surface area contributed by atoms with Crippen LogP contribution in [-0.4, -0.2) is 12.5 Å². The number of nitrogens with two attached hydrogens (primary N) is 1. The summed E-state index contributed by atoms with van der Waals surface area (Å²) in [5.74, 6) is 0.130. The molecule has 0 bridgehead atoms. The zero-order valence-corrected chi connectivity index (χ0v) is 12.4. The van der Waals surface area contributed by atoms with Crippen LogP contribution in [-0.2, 0) is 11.3 Å². The van der Waals surface area contributed by atoms with Crippen LogP contribution in [0.2, 0.25) is 0 Å². The molecular weight excluding hydrogens is 244 g/mol. The summed E-state index contributed by atoms with van der Waals surface area (Å²) >= 11 is 1.68. The number of rotatable bonds is 7. The van der Waals surface area contributed by atoms with Gasteiger partial charge in [-0.1, -0.05) is 13.8 Å². The van der Waals surface area contributed by atoms with Gasteiger partial charge >= 0.3 is 0 Å². The maximum atomic E-state index is 11.8. The predicted molar refractivity (Wildman–Crippen MR) is 77.6 cm³/mol. The van der Waals surface area contributed by atoms with Gasteiger partial charge in [0.2, 0.25) is 5.91 Å². The topological polar surface area (TPSA) is 55.1 Å². The first-order valence-electron chi connectivity index (χ1n) is 6.43. The fourth-order valence-electron chi connectivity index (χ4n) is 1.82. The molecule has 3 nitrogen and oxygen atoms in total. The van der Waals surface area contributed by atoms with Gasteiger partial charge in [0, 0.05) is 13.0 Å². The Hall–Kier alpha value is -0.870. The fourth-order valence-corrected chi connectivity index (χ4v) is 2.67. The highest BCUT2D eigenvalue weighted by atomic mass is 32.1. The molecule has 0 saturated heterocycles. The molecule has 0 aliphatic carbocycles. The lowest BCUT2D eigenvalue weighted by Crippen LogP contribution is -2.25. The van der Waals surface area contributed by atoms with E-state index in [1.807, 2.05) is 0 Å². The SMILES string of the molecule is Cc1cscc1CNC(=O)CCC(C)(C)CCN. The van der Waals surface area contributed by atoms with Crippen molar-refractivity contribution in [2.24, 2.45) is 11.1 Å². The van der Waals surface area contributed by atoms with Crippen molar-refractivity contribution in [3.63, 3.8) is 0 Å². The summed E-state index contributed by atoms with van der Waals surface area (Å²) in [6.45, 7) is 7.73. The van der Waals surface area contributed by atoms with Crippen molar-refractivity contribution < 1.29 is 4.79 Å². The number of nitrogens with one attached hydrogen (secondary N) is 1. The first-order chi connectivity index (χ1) is 8.44. The molecule has 0 saturated carbocycles. The van der Waals surface area contributed by atoms with E-state index in [0.29, 0.717) is 19.5 Å². The van der Waals surface area contributed by atoms with E-state index < -0.39 is 0 Å². The summed E-state index contributed by atoms with van der Waals surface area (Å²) in [5, 5.41) is 7.17. The van der Waals surface area contributed by atoms with Gasteiger partial charge in [-0.3, -0.25) is 4.79 Å². The quantitative estimate of drug-likeness (QED) is 0.799. The largest absolute Gasteiger partial charge is 0.352 e. The van der Waals surface area contributed by atoms with E-state index in [9.17, 15) is 4.79 Å². The molecule has 0 unspecified atom stereocenters. The monoisotopic (exact) mass is 268 g/mol. The van der Waals surface area contributed by atoms with Gasteiger partial charge in [0.15, 0.2) is 0 Å². The molecule has 1 amide bonds. The molecule has 0 atom stereocenters. The first-order valence-corrected chi connectivity index (χ1v) is 7.37. The van der Waals surface area contributed by atoms with Crippen molar-refractivity contribution in [3.05, 3.63) is 21.9 Å². The maximum absolute atomic E-state index is 11.8. The molecule has 102 valence electrons. The van der Waals surface area contributed by atoms with Crippen LogP contribution < -0.4 is 11.1 Å². The van der Waals surface area contributed by atoms with Crippen LogP contribution in [0, 0.1) is 12.3 Å². The Morgan fingerprint density at radius 2 is 2.11 bits per heavy atom. The van der Waals surface area contributed by atoms with E-state index in [4.69, 9.17) is 5.73 Å². The Kier molecular flexibility index (Phi) is 5.82. The van der Waals surface area contributed by atoms with Gasteiger partial charge in [-0.05, 0) is 53.6 Å². The van der Waals surface area contributed by atoms with Gasteiger partial charge in [-0.15, -0.1) is 0 Å². The Balaban J connectivity index is 2.28. The summed E-state index contributed by atoms with van der Waals surface area (Å²) in [4.78, 5) is 11.8. The lowest BCUT2D eigenvalue weighted by Gasteiger charge is -2.23. The van der Waals surface area contributed by atoms with Crippen molar-refractivity contribution in [1.82, 2.24) is 5.32 Å². The fraction of sp³-hybridized carbons (Fsp3) is 0.643. The molecule has 0 aromatic carbocycles. The standard InChI is InChI=1S/C14H24N2OS/c1-11-9-18-10-12(11)8-16-13(17)4-5-14(2,3)6-7-15/h9-10H,4-8,15H2,1-3H3,(H,16,17). The van der Waals surface area contributed by atoms with Gasteiger partial charge in [0.1, 0.15) is 0 Å². The molecule has 4 heteroatoms. The van der Waals surface area contributed by atoms with Crippen LogP contribution >= 0.6 is 11.3 Å². The Morgan fingerprint density at radius 3 is 2.67 bits per heavy atom. The summed E-state index contributed by atoms with van der Waals surface area (Å²) in [6.07, 6.45) is 2.43. The van der Waals surface area contributed by atoms with Crippen molar-refractivity contribution >= 4 is 17.2 Å². The van der Waals surface area contributed by atoms with Crippen molar-refractivity contribution in [2.75, 3.05) is 6.54 Å². The molecule has 0 aliphatic heterocycles. The Bertz CT molecular complexity index is 385. The third kappa shape index (κ3) is 5.19. The molecule has 0 spiro atoms. The van der Waals surface area contributed by atoms with E-state index in [2.05, 4.69) is 36.8 Å². The normalized spacial score (nSPS) is 11.6. The van der Waals surface area contributed by atoms with E-state index in [1.165, 1.54) is 11.1 Å². The Morgan fingerprint density at radius 1 is 1.39 bits per heavy atom. The molecule has 0 fully saturated rings. The molecule has 1 aromatic rings. The minimum absolute atomic E-state index is 0.130. The second-order valence-electron chi connectivity index (χ2n) is 5.56. The van der Waals surface area contributed by atoms with Gasteiger partial charge in [-0.2, -0.15) is 11.3 Å². The van der Waals surface area contributed by atoms with Crippen molar-refractivity contribution in [3.8, 4) is 0 Å². The summed E-state index contributed by atoms with van der Waals surface area (Å²) in [5.41, 5.74) is 8.19. The predicted octanol–water partition coefficient (Wildman–Crippen LogP) is 2.83. The van der Waals surface area contributed by atoms with Crippen LogP contribution in [0.1, 0.15) is 44.2 Å². The highest BCUT2D eigenvalue weighted by Crippen LogP contribution is 2.25. The van der Waals surface area contributed by atoms with Crippen LogP contribution in [0.15, 0.2) is 10.8 Å². The maximum Gasteiger partial charge on any atom is 0.220 e. The van der Waals surface area contributed by atoms with Gasteiger partial charge in [-0.25, -0.2) is 0 Å². The highest BCUT2D eigenvalue weighted by Gasteiger charge is 2.18. The first kappa shape index (κ1) is 15.2. The van der Waals surface area contributed by atoms with E-state index >= 15 is 0 Å². The molecule has 1 rings (SSSR count). The summed E-state index contributed by atoms with van der Waals surface area (Å²) < 4.78 is 0. The van der Waals surface area contributed by atoms with Gasteiger partial charge in [0.05, 0.1) is 0 Å². The summed E-state index contributed by atoms with van der Waals surface area (Å²) in [6, 6.07) is 0. The second kappa shape index (κ2) is 6.90. The minimum atomic E-state index is 0.130. The van der Waals surface area contributed by atoms with Crippen LogP contribution in [0.3, 0.4) is 0 Å². The highest BCUT2D eigenvalue weighted by molar-refractivity contribution is 7.08. The molecule has 3 N–H and O–H groups in total. The smallest absolute Gasteiger partial charge is 0.220 e. The molecule has 1 heterocycles. The van der Waals surface area contributed by atoms with E-state index in [-0.39, 0.29) is 11.3 Å². The molecular formula is C14H24N2OS. The molecule has 1 aromatic heterocycles. The number of carbonyl (C=O) groups excluding carboxylic acids is 1. The molecule has 18 heavy (non-hydrogen) atoms. The number of hydrogen-bond acceptors (Lipinski definition) is 3. The lowest BCUT2D eigenvalue weighted by atomic mass is 9.84. The van der Waals surface area contributed by atoms with Crippen LogP contribution in [0.25, 0.3) is 0 Å². The molecule has 0 aliphatic rings. The van der Waals surface area contributed by atoms with Gasteiger partial charge < -0.3 is 11.1 Å². The average Bonchev–Trinajstić information content (AvgIpc) is 2.70. The number of amides is 1. The Labute approximate surface area is 114 Å². The van der Waals surface area contributed by atoms with Gasteiger partial charge in [0.25, 0.3) is 0 Å². The summed E-state index contributed by atoms with van der Waals surface area (Å²) in [7, 11) is 0. The van der Waals surface area contributed by atoms with Crippen LogP contribution in [0.4, 0.5) is 0 Å². The van der Waals surface area contributed by atoms with E-state index in [0.717, 1.165) is 12.8 Å². The lowest BCUT2D eigenvalue weighted by molar-refractivity contribution is -0.121. The zero-order valence-electron chi connectivity index (χ0n) is 11.6. The van der Waals surface area contributed by atoms with Crippen molar-refractivity contribution in [1.29, 1.82) is 0 Å². The third-order valence-corrected chi connectivity index (χ3v) is 4.20. The molecule has 0 radical (unpaired) electrons. The number of aryl methyl sites for hydroxylation is 1. The van der Waals surface area contributed by atoms with E-state index in [1.54, 1.807) is 11.3 Å². The third-order valence-electron chi connectivity index (χ3n) is 3.29. The number of thiophene rings is 1. The van der Waals surface area contributed by atoms with Crippen LogP contribution in [0.5, 0.6) is 0 Å². The van der Waals surface area contributed by atoms with Crippen molar-refractivity contribution in [2.45, 2.75) is 46.6 Å². The second-order valence-corrected chi connectivity index (χ2v) is 6.30. The minimum Gasteiger partial charge on any atom is -0.352 e. The number of carbonyl (C=O) groups is 1. The zero-order chi connectivity index (χ0) is 13.6.